The Balaban J connectivity index is 2.38. The van der Waals surface area contributed by atoms with Gasteiger partial charge in [0.1, 0.15) is 23.0 Å². The van der Waals surface area contributed by atoms with Crippen molar-refractivity contribution < 1.29 is 23.1 Å². The van der Waals surface area contributed by atoms with Crippen molar-refractivity contribution in [3.05, 3.63) is 65.5 Å². The van der Waals surface area contributed by atoms with Gasteiger partial charge in [0, 0.05) is 10.9 Å². The van der Waals surface area contributed by atoms with Crippen molar-refractivity contribution in [2.24, 2.45) is 0 Å². The Kier molecular flexibility index (Phi) is 3.29. The van der Waals surface area contributed by atoms with E-state index in [2.05, 4.69) is 4.98 Å². The second kappa shape index (κ2) is 5.14. The van der Waals surface area contributed by atoms with Crippen LogP contribution in [0.3, 0.4) is 0 Å². The van der Waals surface area contributed by atoms with Gasteiger partial charge in [-0.3, -0.25) is 0 Å². The summed E-state index contributed by atoms with van der Waals surface area (Å²) < 4.78 is 41.0. The van der Waals surface area contributed by atoms with Gasteiger partial charge in [-0.25, -0.2) is 22.9 Å². The number of carboxylic acid groups (broad SMARTS) is 1. The lowest BCUT2D eigenvalue weighted by atomic mass is 10.0. The number of carboxylic acids is 1. The third-order valence-electron chi connectivity index (χ3n) is 3.23. The third kappa shape index (κ3) is 2.28. The smallest absolute Gasteiger partial charge is 0.336 e. The number of hydrogen-bond donors (Lipinski definition) is 1. The average Bonchev–Trinajstić information content (AvgIpc) is 2.49. The van der Waals surface area contributed by atoms with Gasteiger partial charge in [0.25, 0.3) is 0 Å². The zero-order valence-electron chi connectivity index (χ0n) is 11.0. The molecule has 1 aromatic heterocycles. The van der Waals surface area contributed by atoms with Gasteiger partial charge in [0.2, 0.25) is 0 Å². The number of nitrogens with zero attached hydrogens (tertiary/aromatic N) is 1. The van der Waals surface area contributed by atoms with Gasteiger partial charge in [-0.1, -0.05) is 12.1 Å². The fourth-order valence-corrected chi connectivity index (χ4v) is 2.22. The SMILES string of the molecule is O=C(O)c1cc(-c2cc(F)ccc2F)nc2c(F)cccc12. The normalized spacial score (nSPS) is 10.9. The van der Waals surface area contributed by atoms with Gasteiger partial charge in [0.15, 0.2) is 0 Å². The molecule has 6 heteroatoms. The van der Waals surface area contributed by atoms with Crippen LogP contribution in [0.5, 0.6) is 0 Å². The highest BCUT2D eigenvalue weighted by Gasteiger charge is 2.17. The summed E-state index contributed by atoms with van der Waals surface area (Å²) in [4.78, 5) is 15.3. The van der Waals surface area contributed by atoms with Gasteiger partial charge >= 0.3 is 5.97 Å². The van der Waals surface area contributed by atoms with E-state index < -0.39 is 23.4 Å². The first kappa shape index (κ1) is 14.1. The molecule has 0 fully saturated rings. The van der Waals surface area contributed by atoms with E-state index in [1.165, 1.54) is 12.1 Å². The van der Waals surface area contributed by atoms with Crippen LogP contribution in [0.2, 0.25) is 0 Å². The lowest BCUT2D eigenvalue weighted by molar-refractivity contribution is 0.0699. The Bertz CT molecular complexity index is 909. The van der Waals surface area contributed by atoms with Crippen LogP contribution in [0.4, 0.5) is 13.2 Å². The minimum atomic E-state index is -1.31. The summed E-state index contributed by atoms with van der Waals surface area (Å²) in [6.45, 7) is 0. The number of benzene rings is 2. The van der Waals surface area contributed by atoms with Crippen molar-refractivity contribution in [1.29, 1.82) is 0 Å². The van der Waals surface area contributed by atoms with E-state index in [9.17, 15) is 23.1 Å². The molecule has 2 aromatic carbocycles. The maximum absolute atomic E-state index is 13.9. The number of aromatic carboxylic acids is 1. The van der Waals surface area contributed by atoms with Crippen LogP contribution in [-0.2, 0) is 0 Å². The summed E-state index contributed by atoms with van der Waals surface area (Å²) in [6, 6.07) is 7.69. The third-order valence-corrected chi connectivity index (χ3v) is 3.23. The van der Waals surface area contributed by atoms with Gasteiger partial charge in [0.05, 0.1) is 11.3 Å². The molecule has 3 rings (SSSR count). The highest BCUT2D eigenvalue weighted by atomic mass is 19.1. The summed E-state index contributed by atoms with van der Waals surface area (Å²) in [5.74, 6) is -3.53. The summed E-state index contributed by atoms with van der Waals surface area (Å²) in [5.41, 5.74) is -0.816. The number of para-hydroxylation sites is 1. The molecule has 0 aliphatic rings. The molecule has 0 saturated carbocycles. The fourth-order valence-electron chi connectivity index (χ4n) is 2.22. The molecule has 1 N–H and O–H groups in total. The Morgan fingerprint density at radius 1 is 1.00 bits per heavy atom. The van der Waals surface area contributed by atoms with Gasteiger partial charge < -0.3 is 5.11 Å². The minimum Gasteiger partial charge on any atom is -0.478 e. The zero-order valence-corrected chi connectivity index (χ0v) is 11.0. The van der Waals surface area contributed by atoms with Crippen LogP contribution < -0.4 is 0 Å². The summed E-state index contributed by atoms with van der Waals surface area (Å²) >= 11 is 0. The zero-order chi connectivity index (χ0) is 15.9. The molecule has 110 valence electrons. The second-order valence-corrected chi connectivity index (χ2v) is 4.62. The molecule has 0 atom stereocenters. The summed E-state index contributed by atoms with van der Waals surface area (Å²) in [5, 5.41) is 9.34. The summed E-state index contributed by atoms with van der Waals surface area (Å²) in [6.07, 6.45) is 0. The first-order valence-electron chi connectivity index (χ1n) is 6.25. The number of halogens is 3. The van der Waals surface area contributed by atoms with E-state index in [0.29, 0.717) is 0 Å². The lowest BCUT2D eigenvalue weighted by Crippen LogP contribution is -2.02. The lowest BCUT2D eigenvalue weighted by Gasteiger charge is -2.08. The van der Waals surface area contributed by atoms with E-state index in [-0.39, 0.29) is 27.7 Å². The molecule has 3 nitrogen and oxygen atoms in total. The van der Waals surface area contributed by atoms with Crippen molar-refractivity contribution in [3.63, 3.8) is 0 Å². The fraction of sp³-hybridized carbons (Fsp3) is 0. The number of carbonyl (C=O) groups is 1. The highest BCUT2D eigenvalue weighted by Crippen LogP contribution is 2.28. The number of rotatable bonds is 2. The topological polar surface area (TPSA) is 50.2 Å². The maximum atomic E-state index is 13.9. The van der Waals surface area contributed by atoms with Crippen molar-refractivity contribution in [2.45, 2.75) is 0 Å². The molecule has 0 saturated heterocycles. The molecule has 0 radical (unpaired) electrons. The second-order valence-electron chi connectivity index (χ2n) is 4.62. The van der Waals surface area contributed by atoms with E-state index >= 15 is 0 Å². The largest absolute Gasteiger partial charge is 0.478 e. The van der Waals surface area contributed by atoms with Crippen LogP contribution in [0, 0.1) is 17.5 Å². The number of pyridine rings is 1. The molecule has 3 aromatic rings. The highest BCUT2D eigenvalue weighted by molar-refractivity contribution is 6.03. The van der Waals surface area contributed by atoms with Crippen molar-refractivity contribution in [1.82, 2.24) is 4.98 Å². The molecule has 22 heavy (non-hydrogen) atoms. The van der Waals surface area contributed by atoms with Gasteiger partial charge in [-0.2, -0.15) is 0 Å². The van der Waals surface area contributed by atoms with Gasteiger partial charge in [-0.05, 0) is 30.3 Å². The number of fused-ring (bicyclic) bond motifs is 1. The quantitative estimate of drug-likeness (QED) is 0.778. The summed E-state index contributed by atoms with van der Waals surface area (Å²) in [7, 11) is 0. The maximum Gasteiger partial charge on any atom is 0.336 e. The molecular formula is C16H8F3NO2. The molecular weight excluding hydrogens is 295 g/mol. The van der Waals surface area contributed by atoms with Crippen LogP contribution in [0.25, 0.3) is 22.2 Å². The van der Waals surface area contributed by atoms with Crippen LogP contribution >= 0.6 is 0 Å². The average molecular weight is 303 g/mol. The molecule has 0 spiro atoms. The number of aromatic nitrogens is 1. The molecule has 0 bridgehead atoms. The predicted octanol–water partition coefficient (Wildman–Crippen LogP) is 4.02. The Morgan fingerprint density at radius 3 is 2.50 bits per heavy atom. The van der Waals surface area contributed by atoms with Crippen molar-refractivity contribution in [2.75, 3.05) is 0 Å². The molecule has 0 aliphatic carbocycles. The predicted molar refractivity (Wildman–Crippen MR) is 74.0 cm³/mol. The Hall–Kier alpha value is -2.89. The van der Waals surface area contributed by atoms with Crippen LogP contribution in [0.15, 0.2) is 42.5 Å². The van der Waals surface area contributed by atoms with Crippen LogP contribution in [0.1, 0.15) is 10.4 Å². The molecule has 0 amide bonds. The van der Waals surface area contributed by atoms with E-state index in [1.54, 1.807) is 0 Å². The van der Waals surface area contributed by atoms with Crippen molar-refractivity contribution in [3.8, 4) is 11.3 Å². The molecule has 0 unspecified atom stereocenters. The first-order valence-corrected chi connectivity index (χ1v) is 6.25. The Morgan fingerprint density at radius 2 is 1.77 bits per heavy atom. The van der Waals surface area contributed by atoms with E-state index in [4.69, 9.17) is 0 Å². The van der Waals surface area contributed by atoms with E-state index in [1.807, 2.05) is 0 Å². The minimum absolute atomic E-state index is 0.0908. The standard InChI is InChI=1S/C16H8F3NO2/c17-8-4-5-12(18)11(6-8)14-7-10(16(21)22)9-2-1-3-13(19)15(9)20-14/h1-7H,(H,21,22). The number of hydrogen-bond acceptors (Lipinski definition) is 2. The van der Waals surface area contributed by atoms with Crippen LogP contribution in [-0.4, -0.2) is 16.1 Å². The molecule has 1 heterocycles. The first-order chi connectivity index (χ1) is 10.5. The molecule has 0 aliphatic heterocycles. The monoisotopic (exact) mass is 303 g/mol. The van der Waals surface area contributed by atoms with Crippen molar-refractivity contribution >= 4 is 16.9 Å². The van der Waals surface area contributed by atoms with Gasteiger partial charge in [-0.15, -0.1) is 0 Å². The van der Waals surface area contributed by atoms with E-state index in [0.717, 1.165) is 30.3 Å². The Labute approximate surface area is 122 Å².